The summed E-state index contributed by atoms with van der Waals surface area (Å²) < 4.78 is 0. The van der Waals surface area contributed by atoms with Crippen LogP contribution >= 0.6 is 0 Å². The minimum atomic E-state index is 0.0289. The molecule has 0 aliphatic carbocycles. The predicted octanol–water partition coefficient (Wildman–Crippen LogP) is 1.01. The zero-order valence-electron chi connectivity index (χ0n) is 5.91. The van der Waals surface area contributed by atoms with Crippen LogP contribution in [0.4, 0.5) is 0 Å². The summed E-state index contributed by atoms with van der Waals surface area (Å²) in [6.45, 7) is 3.91. The number of aliphatic imine (C=N–C) groups is 1. The summed E-state index contributed by atoms with van der Waals surface area (Å²) in [5.41, 5.74) is 0. The van der Waals surface area contributed by atoms with Gasteiger partial charge < -0.3 is 5.11 Å². The van der Waals surface area contributed by atoms with Gasteiger partial charge in [-0.2, -0.15) is 0 Å². The van der Waals surface area contributed by atoms with Crippen molar-refractivity contribution in [3.63, 3.8) is 0 Å². The van der Waals surface area contributed by atoms with E-state index in [1.165, 1.54) is 0 Å². The molecule has 0 aromatic rings. The van der Waals surface area contributed by atoms with Crippen molar-refractivity contribution in [3.05, 3.63) is 12.2 Å². The fourth-order valence-electron chi connectivity index (χ4n) is 0.330. The lowest BCUT2D eigenvalue weighted by Gasteiger charge is -1.95. The van der Waals surface area contributed by atoms with E-state index in [0.717, 1.165) is 0 Å². The van der Waals surface area contributed by atoms with Crippen LogP contribution in [0.3, 0.4) is 0 Å². The van der Waals surface area contributed by atoms with Crippen LogP contribution in [0.1, 0.15) is 13.8 Å². The molecule has 2 heteroatoms. The summed E-state index contributed by atoms with van der Waals surface area (Å²) in [6.07, 6.45) is 5.43. The van der Waals surface area contributed by atoms with Gasteiger partial charge in [-0.05, 0) is 19.9 Å². The van der Waals surface area contributed by atoms with Crippen molar-refractivity contribution in [2.24, 2.45) is 4.99 Å². The van der Waals surface area contributed by atoms with Gasteiger partial charge in [0.25, 0.3) is 0 Å². The van der Waals surface area contributed by atoms with Crippen LogP contribution in [-0.4, -0.2) is 24.0 Å². The molecule has 1 unspecified atom stereocenters. The smallest absolute Gasteiger partial charge is 0.0702 e. The number of hydrogen-bond acceptors (Lipinski definition) is 2. The molecule has 0 heterocycles. The molecule has 0 aliphatic heterocycles. The van der Waals surface area contributed by atoms with E-state index < -0.39 is 0 Å². The Morgan fingerprint density at radius 2 is 2.33 bits per heavy atom. The van der Waals surface area contributed by atoms with Crippen LogP contribution in [0, 0.1) is 0 Å². The van der Waals surface area contributed by atoms with Gasteiger partial charge in [-0.1, -0.05) is 6.08 Å². The van der Waals surface area contributed by atoms with Crippen LogP contribution in [0.2, 0.25) is 0 Å². The quantitative estimate of drug-likeness (QED) is 0.564. The molecular formula is C7H13NO. The van der Waals surface area contributed by atoms with Crippen molar-refractivity contribution in [1.29, 1.82) is 0 Å². The van der Waals surface area contributed by atoms with Gasteiger partial charge in [0.1, 0.15) is 0 Å². The first-order chi connectivity index (χ1) is 4.31. The largest absolute Gasteiger partial charge is 0.394 e. The van der Waals surface area contributed by atoms with E-state index in [2.05, 4.69) is 4.99 Å². The lowest BCUT2D eigenvalue weighted by atomic mass is 10.4. The molecule has 52 valence electrons. The van der Waals surface area contributed by atoms with Crippen LogP contribution in [0.25, 0.3) is 0 Å². The van der Waals surface area contributed by atoms with Gasteiger partial charge in [0.2, 0.25) is 0 Å². The molecule has 2 nitrogen and oxygen atoms in total. The third kappa shape index (κ3) is 5.24. The maximum Gasteiger partial charge on any atom is 0.0702 e. The first-order valence-corrected chi connectivity index (χ1v) is 3.06. The minimum absolute atomic E-state index is 0.0289. The first-order valence-electron chi connectivity index (χ1n) is 3.06. The monoisotopic (exact) mass is 127 g/mol. The first kappa shape index (κ1) is 8.37. The van der Waals surface area contributed by atoms with E-state index >= 15 is 0 Å². The number of nitrogens with zero attached hydrogens (tertiary/aromatic N) is 1. The number of aliphatic hydroxyl groups is 1. The number of allylic oxidation sites excluding steroid dienone is 2. The van der Waals surface area contributed by atoms with E-state index in [9.17, 15) is 0 Å². The van der Waals surface area contributed by atoms with Crippen molar-refractivity contribution in [1.82, 2.24) is 0 Å². The maximum atomic E-state index is 8.50. The molecule has 0 fully saturated rings. The Kier molecular flexibility index (Phi) is 5.12. The van der Waals surface area contributed by atoms with Gasteiger partial charge in [0.15, 0.2) is 0 Å². The Morgan fingerprint density at radius 3 is 2.78 bits per heavy atom. The van der Waals surface area contributed by atoms with E-state index in [4.69, 9.17) is 5.11 Å². The zero-order chi connectivity index (χ0) is 7.11. The number of hydrogen-bond donors (Lipinski definition) is 1. The third-order valence-electron chi connectivity index (χ3n) is 0.883. The summed E-state index contributed by atoms with van der Waals surface area (Å²) >= 11 is 0. The molecule has 0 radical (unpaired) electrons. The lowest BCUT2D eigenvalue weighted by molar-refractivity contribution is 0.275. The standard InChI is InChI=1S/C7H13NO/c1-3-4-5-8-7(2)6-9/h3-5,7,9H,6H2,1-2H3/b4-3-,8-5?. The highest BCUT2D eigenvalue weighted by atomic mass is 16.3. The summed E-state index contributed by atoms with van der Waals surface area (Å²) in [7, 11) is 0. The summed E-state index contributed by atoms with van der Waals surface area (Å²) in [5, 5.41) is 8.50. The molecule has 0 amide bonds. The fourth-order valence-corrected chi connectivity index (χ4v) is 0.330. The van der Waals surface area contributed by atoms with Crippen LogP contribution in [0.15, 0.2) is 17.1 Å². The Hall–Kier alpha value is -0.630. The van der Waals surface area contributed by atoms with Crippen LogP contribution in [0.5, 0.6) is 0 Å². The average Bonchev–Trinajstić information content (AvgIpc) is 1.89. The highest BCUT2D eigenvalue weighted by Crippen LogP contribution is 1.83. The Balaban J connectivity index is 3.43. The molecule has 9 heavy (non-hydrogen) atoms. The van der Waals surface area contributed by atoms with Crippen molar-refractivity contribution in [2.45, 2.75) is 19.9 Å². The van der Waals surface area contributed by atoms with Gasteiger partial charge in [0.05, 0.1) is 12.6 Å². The Bertz CT molecular complexity index is 107. The molecule has 0 saturated heterocycles. The second-order valence-corrected chi connectivity index (χ2v) is 1.86. The molecule has 0 bridgehead atoms. The topological polar surface area (TPSA) is 32.6 Å². The van der Waals surface area contributed by atoms with E-state index in [-0.39, 0.29) is 12.6 Å². The second kappa shape index (κ2) is 5.51. The fraction of sp³-hybridized carbons (Fsp3) is 0.571. The summed E-state index contributed by atoms with van der Waals surface area (Å²) in [6, 6.07) is 0.0289. The number of rotatable bonds is 3. The molecule has 0 saturated carbocycles. The molecule has 0 aliphatic rings. The van der Waals surface area contributed by atoms with Crippen LogP contribution in [-0.2, 0) is 0 Å². The Morgan fingerprint density at radius 1 is 1.67 bits per heavy atom. The molecular weight excluding hydrogens is 114 g/mol. The van der Waals surface area contributed by atoms with E-state index in [1.54, 1.807) is 6.21 Å². The lowest BCUT2D eigenvalue weighted by Crippen LogP contribution is -2.02. The highest BCUT2D eigenvalue weighted by Gasteiger charge is 1.89. The van der Waals surface area contributed by atoms with Gasteiger partial charge in [0, 0.05) is 6.21 Å². The zero-order valence-corrected chi connectivity index (χ0v) is 5.91. The number of aliphatic hydroxyl groups excluding tert-OH is 1. The Labute approximate surface area is 55.9 Å². The molecule has 0 rings (SSSR count). The van der Waals surface area contributed by atoms with E-state index in [1.807, 2.05) is 26.0 Å². The summed E-state index contributed by atoms with van der Waals surface area (Å²) in [4.78, 5) is 3.97. The molecule has 0 aromatic carbocycles. The van der Waals surface area contributed by atoms with Gasteiger partial charge in [-0.15, -0.1) is 0 Å². The van der Waals surface area contributed by atoms with Crippen molar-refractivity contribution in [3.8, 4) is 0 Å². The average molecular weight is 127 g/mol. The molecule has 1 N–H and O–H groups in total. The highest BCUT2D eigenvalue weighted by molar-refractivity contribution is 5.70. The van der Waals surface area contributed by atoms with E-state index in [0.29, 0.717) is 0 Å². The predicted molar refractivity (Wildman–Crippen MR) is 39.9 cm³/mol. The van der Waals surface area contributed by atoms with Gasteiger partial charge in [-0.3, -0.25) is 4.99 Å². The van der Waals surface area contributed by atoms with Crippen molar-refractivity contribution >= 4 is 6.21 Å². The van der Waals surface area contributed by atoms with Crippen LogP contribution < -0.4 is 0 Å². The molecule has 0 aromatic heterocycles. The van der Waals surface area contributed by atoms with Crippen molar-refractivity contribution in [2.75, 3.05) is 6.61 Å². The SMILES string of the molecule is C/C=C\C=NC(C)CO. The third-order valence-corrected chi connectivity index (χ3v) is 0.883. The maximum absolute atomic E-state index is 8.50. The van der Waals surface area contributed by atoms with Crippen molar-refractivity contribution < 1.29 is 5.11 Å². The summed E-state index contributed by atoms with van der Waals surface area (Å²) in [5.74, 6) is 0. The molecule has 0 spiro atoms. The van der Waals surface area contributed by atoms with Gasteiger partial charge in [-0.25, -0.2) is 0 Å². The second-order valence-electron chi connectivity index (χ2n) is 1.86. The normalized spacial score (nSPS) is 15.4. The van der Waals surface area contributed by atoms with Gasteiger partial charge >= 0.3 is 0 Å². The minimum Gasteiger partial charge on any atom is -0.394 e. The molecule has 1 atom stereocenters.